The maximum atomic E-state index is 12.6. The van der Waals surface area contributed by atoms with Crippen LogP contribution < -0.4 is 4.90 Å². The minimum absolute atomic E-state index is 0.121. The third-order valence-electron chi connectivity index (χ3n) is 5.89. The number of benzene rings is 1. The summed E-state index contributed by atoms with van der Waals surface area (Å²) in [4.78, 5) is 17.0. The first-order valence-electron chi connectivity index (χ1n) is 10.0. The predicted octanol–water partition coefficient (Wildman–Crippen LogP) is 4.11. The minimum atomic E-state index is 0.121. The van der Waals surface area contributed by atoms with Crippen LogP contribution in [0.5, 0.6) is 0 Å². The summed E-state index contributed by atoms with van der Waals surface area (Å²) in [6.07, 6.45) is 6.31. The fourth-order valence-electron chi connectivity index (χ4n) is 4.22. The SMILES string of the molecule is Cc1ccccc1N1CCN(C(=O)/C=C/c2cc(C)n(C3CC3)c2C)CC1. The molecule has 0 radical (unpaired) electrons. The molecule has 2 aromatic rings. The second kappa shape index (κ2) is 7.26. The van der Waals surface area contributed by atoms with E-state index in [0.717, 1.165) is 26.2 Å². The zero-order chi connectivity index (χ0) is 19.0. The molecule has 0 N–H and O–H groups in total. The van der Waals surface area contributed by atoms with Gasteiger partial charge in [-0.2, -0.15) is 0 Å². The van der Waals surface area contributed by atoms with Crippen molar-refractivity contribution in [3.8, 4) is 0 Å². The van der Waals surface area contributed by atoms with Gasteiger partial charge in [0, 0.05) is 55.4 Å². The number of amides is 1. The summed E-state index contributed by atoms with van der Waals surface area (Å²) in [7, 11) is 0. The van der Waals surface area contributed by atoms with Crippen LogP contribution in [0.1, 0.15) is 41.4 Å². The van der Waals surface area contributed by atoms with Gasteiger partial charge in [-0.05, 0) is 62.9 Å². The molecule has 0 atom stereocenters. The highest BCUT2D eigenvalue weighted by Crippen LogP contribution is 2.38. The number of nitrogens with zero attached hydrogens (tertiary/aromatic N) is 3. The Morgan fingerprint density at radius 3 is 2.41 bits per heavy atom. The first-order chi connectivity index (χ1) is 13.0. The smallest absolute Gasteiger partial charge is 0.246 e. The van der Waals surface area contributed by atoms with Crippen molar-refractivity contribution < 1.29 is 4.79 Å². The van der Waals surface area contributed by atoms with Crippen molar-refractivity contribution in [3.05, 3.63) is 58.9 Å². The van der Waals surface area contributed by atoms with Crippen LogP contribution in [0.2, 0.25) is 0 Å². The molecule has 1 aromatic carbocycles. The summed E-state index contributed by atoms with van der Waals surface area (Å²) in [5.41, 5.74) is 6.33. The van der Waals surface area contributed by atoms with Gasteiger partial charge >= 0.3 is 0 Å². The summed E-state index contributed by atoms with van der Waals surface area (Å²) in [6, 6.07) is 11.4. The zero-order valence-electron chi connectivity index (χ0n) is 16.6. The van der Waals surface area contributed by atoms with E-state index in [1.165, 1.54) is 41.0 Å². The van der Waals surface area contributed by atoms with Crippen LogP contribution in [0.4, 0.5) is 5.69 Å². The van der Waals surface area contributed by atoms with Crippen molar-refractivity contribution >= 4 is 17.7 Å². The fourth-order valence-corrected chi connectivity index (χ4v) is 4.22. The standard InChI is InChI=1S/C23H29N3O/c1-17-6-4-5-7-22(17)24-12-14-25(15-13-24)23(27)11-8-20-16-18(2)26(19(20)3)21-9-10-21/h4-8,11,16,21H,9-10,12-15H2,1-3H3/b11-8+. The van der Waals surface area contributed by atoms with E-state index in [1.54, 1.807) is 6.08 Å². The molecular formula is C23H29N3O. The van der Waals surface area contributed by atoms with E-state index in [9.17, 15) is 4.79 Å². The van der Waals surface area contributed by atoms with Crippen LogP contribution in [-0.2, 0) is 4.79 Å². The summed E-state index contributed by atoms with van der Waals surface area (Å²) >= 11 is 0. The van der Waals surface area contributed by atoms with Crippen molar-refractivity contribution in [3.63, 3.8) is 0 Å². The Labute approximate surface area is 162 Å². The molecule has 4 nitrogen and oxygen atoms in total. The average molecular weight is 364 g/mol. The molecule has 4 rings (SSSR count). The number of carbonyl (C=O) groups is 1. The van der Waals surface area contributed by atoms with Gasteiger partial charge in [0.15, 0.2) is 0 Å². The molecule has 1 amide bonds. The van der Waals surface area contributed by atoms with Gasteiger partial charge in [-0.15, -0.1) is 0 Å². The van der Waals surface area contributed by atoms with Gasteiger partial charge in [-0.25, -0.2) is 0 Å². The first kappa shape index (κ1) is 17.9. The van der Waals surface area contributed by atoms with Gasteiger partial charge in [0.05, 0.1) is 0 Å². The second-order valence-corrected chi connectivity index (χ2v) is 7.86. The number of piperazine rings is 1. The predicted molar refractivity (Wildman–Crippen MR) is 111 cm³/mol. The first-order valence-corrected chi connectivity index (χ1v) is 10.0. The van der Waals surface area contributed by atoms with Crippen molar-refractivity contribution in [1.29, 1.82) is 0 Å². The molecule has 1 aliphatic heterocycles. The molecule has 1 saturated carbocycles. The van der Waals surface area contributed by atoms with E-state index in [2.05, 4.69) is 60.6 Å². The molecule has 2 fully saturated rings. The lowest BCUT2D eigenvalue weighted by atomic mass is 10.1. The van der Waals surface area contributed by atoms with Gasteiger partial charge in [0.1, 0.15) is 0 Å². The van der Waals surface area contributed by atoms with Crippen molar-refractivity contribution in [2.45, 2.75) is 39.7 Å². The number of anilines is 1. The summed E-state index contributed by atoms with van der Waals surface area (Å²) in [5.74, 6) is 0.121. The molecule has 27 heavy (non-hydrogen) atoms. The van der Waals surface area contributed by atoms with Crippen LogP contribution in [0.15, 0.2) is 36.4 Å². The minimum Gasteiger partial charge on any atom is -0.368 e. The van der Waals surface area contributed by atoms with Crippen LogP contribution >= 0.6 is 0 Å². The van der Waals surface area contributed by atoms with Crippen molar-refractivity contribution in [1.82, 2.24) is 9.47 Å². The summed E-state index contributed by atoms with van der Waals surface area (Å²) in [5, 5.41) is 0. The quantitative estimate of drug-likeness (QED) is 0.765. The highest BCUT2D eigenvalue weighted by Gasteiger charge is 2.26. The largest absolute Gasteiger partial charge is 0.368 e. The molecule has 0 bridgehead atoms. The number of hydrogen-bond acceptors (Lipinski definition) is 2. The average Bonchev–Trinajstić information content (AvgIpc) is 3.46. The Hall–Kier alpha value is -2.49. The molecule has 142 valence electrons. The number of rotatable bonds is 4. The number of aromatic nitrogens is 1. The van der Waals surface area contributed by atoms with Crippen molar-refractivity contribution in [2.24, 2.45) is 0 Å². The molecule has 2 aliphatic rings. The Morgan fingerprint density at radius 2 is 1.74 bits per heavy atom. The number of hydrogen-bond donors (Lipinski definition) is 0. The van der Waals surface area contributed by atoms with E-state index < -0.39 is 0 Å². The van der Waals surface area contributed by atoms with E-state index in [-0.39, 0.29) is 5.91 Å². The van der Waals surface area contributed by atoms with Crippen LogP contribution in [0.25, 0.3) is 6.08 Å². The number of para-hydroxylation sites is 1. The monoisotopic (exact) mass is 363 g/mol. The summed E-state index contributed by atoms with van der Waals surface area (Å²) in [6.45, 7) is 9.80. The Balaban J connectivity index is 1.38. The topological polar surface area (TPSA) is 28.5 Å². The lowest BCUT2D eigenvalue weighted by Crippen LogP contribution is -2.48. The normalized spacial score (nSPS) is 17.7. The molecule has 0 unspecified atom stereocenters. The van der Waals surface area contributed by atoms with Gasteiger partial charge in [-0.3, -0.25) is 4.79 Å². The highest BCUT2D eigenvalue weighted by molar-refractivity contribution is 5.92. The molecular weight excluding hydrogens is 334 g/mol. The lowest BCUT2D eigenvalue weighted by Gasteiger charge is -2.36. The third kappa shape index (κ3) is 3.66. The van der Waals surface area contributed by atoms with E-state index in [0.29, 0.717) is 6.04 Å². The Bertz CT molecular complexity index is 868. The van der Waals surface area contributed by atoms with Gasteiger partial charge in [0.2, 0.25) is 5.91 Å². The molecule has 4 heteroatoms. The van der Waals surface area contributed by atoms with Crippen LogP contribution in [-0.4, -0.2) is 41.6 Å². The van der Waals surface area contributed by atoms with Crippen molar-refractivity contribution in [2.75, 3.05) is 31.1 Å². The lowest BCUT2D eigenvalue weighted by molar-refractivity contribution is -0.126. The second-order valence-electron chi connectivity index (χ2n) is 7.86. The van der Waals surface area contributed by atoms with E-state index >= 15 is 0 Å². The molecule has 0 spiro atoms. The summed E-state index contributed by atoms with van der Waals surface area (Å²) < 4.78 is 2.42. The van der Waals surface area contributed by atoms with Crippen LogP contribution in [0.3, 0.4) is 0 Å². The van der Waals surface area contributed by atoms with E-state index in [1.807, 2.05) is 11.0 Å². The number of carbonyl (C=O) groups excluding carboxylic acids is 1. The molecule has 1 saturated heterocycles. The number of aryl methyl sites for hydroxylation is 2. The van der Waals surface area contributed by atoms with Gasteiger partial charge in [-0.1, -0.05) is 18.2 Å². The molecule has 1 aliphatic carbocycles. The molecule has 2 heterocycles. The maximum Gasteiger partial charge on any atom is 0.246 e. The maximum absolute atomic E-state index is 12.6. The zero-order valence-corrected chi connectivity index (χ0v) is 16.6. The highest BCUT2D eigenvalue weighted by atomic mass is 16.2. The van der Waals surface area contributed by atoms with Gasteiger partial charge < -0.3 is 14.4 Å². The van der Waals surface area contributed by atoms with Crippen LogP contribution in [0, 0.1) is 20.8 Å². The Kier molecular flexibility index (Phi) is 4.81. The Morgan fingerprint density at radius 1 is 1.04 bits per heavy atom. The third-order valence-corrected chi connectivity index (χ3v) is 5.89. The molecule has 1 aromatic heterocycles. The van der Waals surface area contributed by atoms with E-state index in [4.69, 9.17) is 0 Å². The fraction of sp³-hybridized carbons (Fsp3) is 0.435. The van der Waals surface area contributed by atoms with Gasteiger partial charge in [0.25, 0.3) is 0 Å².